The highest BCUT2D eigenvalue weighted by Gasteiger charge is 2.59. The van der Waals surface area contributed by atoms with Gasteiger partial charge in [0.2, 0.25) is 0 Å². The number of fused-ring (bicyclic) bond motifs is 3. The van der Waals surface area contributed by atoms with Crippen molar-refractivity contribution in [3.63, 3.8) is 0 Å². The molecule has 4 rings (SSSR count). The molecule has 2 heteroatoms. The van der Waals surface area contributed by atoms with Crippen molar-refractivity contribution in [3.8, 4) is 0 Å². The maximum absolute atomic E-state index is 6.42. The number of nitrogens with zero attached hydrogens (tertiary/aromatic N) is 1. The maximum atomic E-state index is 6.42. The molecule has 0 aliphatic carbocycles. The van der Waals surface area contributed by atoms with Crippen LogP contribution in [0.3, 0.4) is 0 Å². The Labute approximate surface area is 151 Å². The Kier molecular flexibility index (Phi) is 3.77. The molecule has 1 atom stereocenters. The lowest BCUT2D eigenvalue weighted by Gasteiger charge is -2.39. The van der Waals surface area contributed by atoms with Crippen LogP contribution in [0, 0.1) is 6.92 Å². The lowest BCUT2D eigenvalue weighted by molar-refractivity contribution is 0.000325. The van der Waals surface area contributed by atoms with E-state index < -0.39 is 5.72 Å². The average molecular weight is 333 g/mol. The smallest absolute Gasteiger partial charge is 0.170 e. The predicted molar refractivity (Wildman–Crippen MR) is 105 cm³/mol. The van der Waals surface area contributed by atoms with Crippen LogP contribution in [0.25, 0.3) is 6.08 Å². The molecule has 0 saturated carbocycles. The Morgan fingerprint density at radius 1 is 1.12 bits per heavy atom. The van der Waals surface area contributed by atoms with Gasteiger partial charge in [0, 0.05) is 17.6 Å². The van der Waals surface area contributed by atoms with Gasteiger partial charge in [-0.15, -0.1) is 0 Å². The summed E-state index contributed by atoms with van der Waals surface area (Å²) in [4.78, 5) is 2.45. The van der Waals surface area contributed by atoms with Gasteiger partial charge in [0.1, 0.15) is 0 Å². The fourth-order valence-corrected chi connectivity index (χ4v) is 4.32. The van der Waals surface area contributed by atoms with Crippen molar-refractivity contribution >= 4 is 11.8 Å². The summed E-state index contributed by atoms with van der Waals surface area (Å²) in [5, 5.41) is 0. The standard InChI is InChI=1S/C23H27NO/c1-5-18-10-11-21-20(16-18)22(3,4)23(24(21)14-15-25-23)13-12-19-8-6-17(2)7-9-19/h6-13,16H,5,14-15H2,1-4H3/b13-12-. The zero-order valence-corrected chi connectivity index (χ0v) is 15.7. The van der Waals surface area contributed by atoms with Crippen molar-refractivity contribution in [3.05, 3.63) is 70.8 Å². The first-order chi connectivity index (χ1) is 12.0. The molecule has 0 aromatic heterocycles. The van der Waals surface area contributed by atoms with Gasteiger partial charge in [0.05, 0.1) is 6.61 Å². The second-order valence-electron chi connectivity index (χ2n) is 7.77. The van der Waals surface area contributed by atoms with Crippen LogP contribution in [-0.4, -0.2) is 18.9 Å². The third-order valence-corrected chi connectivity index (χ3v) is 5.95. The zero-order valence-electron chi connectivity index (χ0n) is 15.7. The first kappa shape index (κ1) is 16.4. The van der Waals surface area contributed by atoms with Crippen LogP contribution < -0.4 is 4.90 Å². The highest BCUT2D eigenvalue weighted by atomic mass is 16.5. The Bertz CT molecular complexity index is 818. The molecule has 1 fully saturated rings. The third kappa shape index (κ3) is 2.35. The van der Waals surface area contributed by atoms with Crippen LogP contribution in [0.5, 0.6) is 0 Å². The van der Waals surface area contributed by atoms with Crippen LogP contribution in [0.1, 0.15) is 43.0 Å². The van der Waals surface area contributed by atoms with Gasteiger partial charge in [-0.2, -0.15) is 0 Å². The second-order valence-corrected chi connectivity index (χ2v) is 7.77. The van der Waals surface area contributed by atoms with Gasteiger partial charge in [0.15, 0.2) is 5.72 Å². The molecule has 1 unspecified atom stereocenters. The van der Waals surface area contributed by atoms with E-state index in [4.69, 9.17) is 4.74 Å². The highest BCUT2D eigenvalue weighted by molar-refractivity contribution is 5.70. The summed E-state index contributed by atoms with van der Waals surface area (Å²) in [6.07, 6.45) is 5.55. The van der Waals surface area contributed by atoms with Crippen LogP contribution in [0.4, 0.5) is 5.69 Å². The van der Waals surface area contributed by atoms with E-state index in [0.29, 0.717) is 0 Å². The number of hydrogen-bond donors (Lipinski definition) is 0. The number of hydrogen-bond acceptors (Lipinski definition) is 2. The van der Waals surface area contributed by atoms with Crippen LogP contribution in [0.2, 0.25) is 0 Å². The van der Waals surface area contributed by atoms with E-state index in [1.54, 1.807) is 0 Å². The first-order valence-electron chi connectivity index (χ1n) is 9.29. The molecule has 25 heavy (non-hydrogen) atoms. The van der Waals surface area contributed by atoms with E-state index >= 15 is 0 Å². The molecule has 2 aliphatic rings. The van der Waals surface area contributed by atoms with Gasteiger partial charge in [-0.25, -0.2) is 0 Å². The van der Waals surface area contributed by atoms with Gasteiger partial charge in [-0.1, -0.05) is 68.8 Å². The van der Waals surface area contributed by atoms with Crippen LogP contribution >= 0.6 is 0 Å². The van der Waals surface area contributed by atoms with Crippen LogP contribution in [0.15, 0.2) is 48.5 Å². The van der Waals surface area contributed by atoms with Crippen molar-refractivity contribution in [2.45, 2.75) is 45.3 Å². The predicted octanol–water partition coefficient (Wildman–Crippen LogP) is 5.09. The number of benzene rings is 2. The Hall–Kier alpha value is -2.06. The number of aryl methyl sites for hydroxylation is 2. The van der Waals surface area contributed by atoms with E-state index in [1.165, 1.54) is 27.9 Å². The fourth-order valence-electron chi connectivity index (χ4n) is 4.32. The van der Waals surface area contributed by atoms with E-state index in [0.717, 1.165) is 19.6 Å². The van der Waals surface area contributed by atoms with E-state index in [-0.39, 0.29) is 5.41 Å². The number of ether oxygens (including phenoxy) is 1. The Balaban J connectivity index is 1.78. The first-order valence-corrected chi connectivity index (χ1v) is 9.29. The molecule has 0 radical (unpaired) electrons. The van der Waals surface area contributed by atoms with Crippen molar-refractivity contribution in [2.75, 3.05) is 18.1 Å². The van der Waals surface area contributed by atoms with E-state index in [9.17, 15) is 0 Å². The zero-order chi connectivity index (χ0) is 17.7. The molecule has 2 heterocycles. The Morgan fingerprint density at radius 3 is 2.60 bits per heavy atom. The summed E-state index contributed by atoms with van der Waals surface area (Å²) in [5.41, 5.74) is 6.14. The van der Waals surface area contributed by atoms with Crippen molar-refractivity contribution in [1.82, 2.24) is 0 Å². The largest absolute Gasteiger partial charge is 0.349 e. The van der Waals surface area contributed by atoms with Gasteiger partial charge >= 0.3 is 0 Å². The van der Waals surface area contributed by atoms with E-state index in [1.807, 2.05) is 0 Å². The topological polar surface area (TPSA) is 12.5 Å². The van der Waals surface area contributed by atoms with Gasteiger partial charge in [0.25, 0.3) is 0 Å². The number of anilines is 1. The molecule has 1 saturated heterocycles. The molecular formula is C23H27NO. The molecule has 2 aromatic carbocycles. The minimum Gasteiger partial charge on any atom is -0.349 e. The minimum atomic E-state index is -0.396. The molecule has 0 spiro atoms. The quantitative estimate of drug-likeness (QED) is 0.775. The normalized spacial score (nSPS) is 23.9. The summed E-state index contributed by atoms with van der Waals surface area (Å²) < 4.78 is 6.42. The molecular weight excluding hydrogens is 306 g/mol. The molecule has 0 bridgehead atoms. The van der Waals surface area contributed by atoms with Crippen molar-refractivity contribution < 1.29 is 4.74 Å². The highest BCUT2D eigenvalue weighted by Crippen LogP contribution is 2.55. The summed E-state index contributed by atoms with van der Waals surface area (Å²) >= 11 is 0. The molecule has 130 valence electrons. The van der Waals surface area contributed by atoms with Crippen molar-refractivity contribution in [1.29, 1.82) is 0 Å². The Morgan fingerprint density at radius 2 is 1.88 bits per heavy atom. The lowest BCUT2D eigenvalue weighted by Crippen LogP contribution is -2.51. The van der Waals surface area contributed by atoms with Crippen LogP contribution in [-0.2, 0) is 16.6 Å². The van der Waals surface area contributed by atoms with E-state index in [2.05, 4.69) is 87.2 Å². The molecule has 0 N–H and O–H groups in total. The SMILES string of the molecule is CCc1ccc2c(c1)C(C)(C)C1(/C=C\c3ccc(C)cc3)OCCN21. The molecule has 2 aromatic rings. The summed E-state index contributed by atoms with van der Waals surface area (Å²) in [5.74, 6) is 0. The van der Waals surface area contributed by atoms with Gasteiger partial charge < -0.3 is 9.64 Å². The van der Waals surface area contributed by atoms with Gasteiger partial charge in [-0.3, -0.25) is 0 Å². The maximum Gasteiger partial charge on any atom is 0.170 e. The third-order valence-electron chi connectivity index (χ3n) is 5.95. The summed E-state index contributed by atoms with van der Waals surface area (Å²) in [7, 11) is 0. The monoisotopic (exact) mass is 333 g/mol. The van der Waals surface area contributed by atoms with Crippen molar-refractivity contribution in [2.24, 2.45) is 0 Å². The fraction of sp³-hybridized carbons (Fsp3) is 0.391. The number of rotatable bonds is 3. The molecule has 2 nitrogen and oxygen atoms in total. The minimum absolute atomic E-state index is 0.0921. The van der Waals surface area contributed by atoms with Gasteiger partial charge in [-0.05, 0) is 42.2 Å². The second kappa shape index (κ2) is 5.74. The summed E-state index contributed by atoms with van der Waals surface area (Å²) in [6.45, 7) is 10.7. The average Bonchev–Trinajstić information content (AvgIpc) is 3.12. The molecule has 0 amide bonds. The summed E-state index contributed by atoms with van der Waals surface area (Å²) in [6, 6.07) is 15.6. The molecule has 2 aliphatic heterocycles. The lowest BCUT2D eigenvalue weighted by atomic mass is 9.76.